The average Bonchev–Trinajstić information content (AvgIpc) is 2.61. The molecule has 1 aliphatic carbocycles. The van der Waals surface area contributed by atoms with Gasteiger partial charge in [-0.3, -0.25) is 4.79 Å². The second kappa shape index (κ2) is 11.3. The molecular formula is C19H31ClN2O3. The van der Waals surface area contributed by atoms with E-state index in [1.54, 1.807) is 7.11 Å². The summed E-state index contributed by atoms with van der Waals surface area (Å²) in [6, 6.07) is 7.95. The molecule has 1 aromatic rings. The maximum Gasteiger partial charge on any atom is 0.223 e. The van der Waals surface area contributed by atoms with Crippen molar-refractivity contribution in [3.8, 4) is 5.75 Å². The molecule has 0 aliphatic heterocycles. The van der Waals surface area contributed by atoms with Crippen molar-refractivity contribution in [2.45, 2.75) is 51.2 Å². The summed E-state index contributed by atoms with van der Waals surface area (Å²) in [5, 5.41) is 3.05. The highest BCUT2D eigenvalue weighted by molar-refractivity contribution is 5.85. The first-order chi connectivity index (χ1) is 11.7. The lowest BCUT2D eigenvalue weighted by atomic mass is 9.83. The maximum atomic E-state index is 12.4. The van der Waals surface area contributed by atoms with Gasteiger partial charge < -0.3 is 20.5 Å². The van der Waals surface area contributed by atoms with Crippen LogP contribution < -0.4 is 15.8 Å². The zero-order valence-corrected chi connectivity index (χ0v) is 16.0. The Morgan fingerprint density at radius 3 is 2.80 bits per heavy atom. The van der Waals surface area contributed by atoms with Gasteiger partial charge in [0.05, 0.1) is 13.2 Å². The summed E-state index contributed by atoms with van der Waals surface area (Å²) in [6.45, 7) is 3.40. The summed E-state index contributed by atoms with van der Waals surface area (Å²) in [4.78, 5) is 12.4. The number of nitrogens with two attached hydrogens (primary N) is 1. The highest BCUT2D eigenvalue weighted by Crippen LogP contribution is 2.26. The van der Waals surface area contributed by atoms with E-state index in [1.165, 1.54) is 0 Å². The minimum atomic E-state index is 0. The fourth-order valence-electron chi connectivity index (χ4n) is 3.23. The Balaban J connectivity index is 0.00000312. The summed E-state index contributed by atoms with van der Waals surface area (Å²) >= 11 is 0. The predicted octanol–water partition coefficient (Wildman–Crippen LogP) is 2.70. The first-order valence-electron chi connectivity index (χ1n) is 8.92. The fourth-order valence-corrected chi connectivity index (χ4v) is 3.23. The van der Waals surface area contributed by atoms with Crippen LogP contribution in [-0.4, -0.2) is 38.3 Å². The van der Waals surface area contributed by atoms with E-state index in [-0.39, 0.29) is 36.4 Å². The van der Waals surface area contributed by atoms with Gasteiger partial charge >= 0.3 is 0 Å². The number of hydrogen-bond donors (Lipinski definition) is 2. The van der Waals surface area contributed by atoms with E-state index >= 15 is 0 Å². The molecule has 0 radical (unpaired) electrons. The number of carbonyl (C=O) groups is 1. The van der Waals surface area contributed by atoms with E-state index < -0.39 is 0 Å². The molecule has 1 amide bonds. The van der Waals surface area contributed by atoms with Crippen LogP contribution in [0.3, 0.4) is 0 Å². The largest absolute Gasteiger partial charge is 0.496 e. The Kier molecular flexibility index (Phi) is 9.86. The van der Waals surface area contributed by atoms with E-state index in [0.29, 0.717) is 13.2 Å². The number of para-hydroxylation sites is 1. The molecule has 1 aromatic carbocycles. The summed E-state index contributed by atoms with van der Waals surface area (Å²) in [6.07, 6.45) is 4.15. The van der Waals surface area contributed by atoms with Crippen LogP contribution in [0.4, 0.5) is 0 Å². The van der Waals surface area contributed by atoms with Gasteiger partial charge in [0.25, 0.3) is 0 Å². The van der Waals surface area contributed by atoms with Crippen molar-refractivity contribution in [3.05, 3.63) is 29.8 Å². The van der Waals surface area contributed by atoms with Gasteiger partial charge in [-0.2, -0.15) is 0 Å². The van der Waals surface area contributed by atoms with Crippen LogP contribution in [-0.2, 0) is 16.0 Å². The van der Waals surface area contributed by atoms with Crippen molar-refractivity contribution in [2.75, 3.05) is 20.3 Å². The van der Waals surface area contributed by atoms with E-state index in [4.69, 9.17) is 15.2 Å². The zero-order chi connectivity index (χ0) is 17.4. The number of hydrogen-bond acceptors (Lipinski definition) is 4. The summed E-state index contributed by atoms with van der Waals surface area (Å²) in [5.41, 5.74) is 7.23. The number of ether oxygens (including phenoxy) is 2. The molecular weight excluding hydrogens is 340 g/mol. The number of carbonyl (C=O) groups excluding carboxylic acids is 1. The Hall–Kier alpha value is -1.30. The van der Waals surface area contributed by atoms with Gasteiger partial charge in [-0.05, 0) is 43.7 Å². The van der Waals surface area contributed by atoms with Gasteiger partial charge in [-0.15, -0.1) is 12.4 Å². The van der Waals surface area contributed by atoms with E-state index in [9.17, 15) is 4.79 Å². The Morgan fingerprint density at radius 2 is 2.08 bits per heavy atom. The van der Waals surface area contributed by atoms with Crippen molar-refractivity contribution in [2.24, 2.45) is 11.7 Å². The number of methoxy groups -OCH3 is 1. The second-order valence-corrected chi connectivity index (χ2v) is 6.44. The first kappa shape index (κ1) is 21.7. The molecule has 0 unspecified atom stereocenters. The van der Waals surface area contributed by atoms with Crippen LogP contribution >= 0.6 is 12.4 Å². The van der Waals surface area contributed by atoms with Crippen LogP contribution in [0.15, 0.2) is 24.3 Å². The van der Waals surface area contributed by atoms with Crippen LogP contribution in [0.5, 0.6) is 5.75 Å². The summed E-state index contributed by atoms with van der Waals surface area (Å²) in [7, 11) is 1.67. The van der Waals surface area contributed by atoms with Crippen molar-refractivity contribution in [3.63, 3.8) is 0 Å². The number of nitrogens with one attached hydrogen (secondary N) is 1. The molecule has 3 atom stereocenters. The van der Waals surface area contributed by atoms with Gasteiger partial charge in [0.1, 0.15) is 5.75 Å². The monoisotopic (exact) mass is 370 g/mol. The Bertz CT molecular complexity index is 527. The van der Waals surface area contributed by atoms with Crippen LogP contribution in [0.2, 0.25) is 0 Å². The molecule has 5 nitrogen and oxygen atoms in total. The minimum absolute atomic E-state index is 0. The summed E-state index contributed by atoms with van der Waals surface area (Å²) < 4.78 is 11.1. The molecule has 1 aliphatic rings. The Labute approximate surface area is 157 Å². The molecule has 6 heteroatoms. The SMILES string of the molecule is CCCO[C@@H]1C[C@@H](C(=O)NCCc2ccccc2OC)CC[C@H]1N.Cl. The highest BCUT2D eigenvalue weighted by Gasteiger charge is 2.32. The molecule has 0 spiro atoms. The van der Waals surface area contributed by atoms with Crippen molar-refractivity contribution in [1.29, 1.82) is 0 Å². The maximum absolute atomic E-state index is 12.4. The standard InChI is InChI=1S/C19H30N2O3.ClH/c1-3-12-24-18-13-15(8-9-16(18)20)19(22)21-11-10-14-6-4-5-7-17(14)23-2;/h4-7,15-16,18H,3,8-13,20H2,1-2H3,(H,21,22);1H/t15-,16+,18+;/m0./s1. The van der Waals surface area contributed by atoms with E-state index in [0.717, 1.165) is 43.4 Å². The number of benzene rings is 1. The van der Waals surface area contributed by atoms with Crippen molar-refractivity contribution < 1.29 is 14.3 Å². The molecule has 0 heterocycles. The molecule has 1 fully saturated rings. The van der Waals surface area contributed by atoms with Gasteiger partial charge in [-0.25, -0.2) is 0 Å². The Morgan fingerprint density at radius 1 is 1.32 bits per heavy atom. The topological polar surface area (TPSA) is 73.6 Å². The number of amides is 1. The van der Waals surface area contributed by atoms with Crippen LogP contribution in [0, 0.1) is 5.92 Å². The smallest absolute Gasteiger partial charge is 0.223 e. The van der Waals surface area contributed by atoms with Crippen molar-refractivity contribution in [1.82, 2.24) is 5.32 Å². The van der Waals surface area contributed by atoms with Gasteiger partial charge in [0.15, 0.2) is 0 Å². The summed E-state index contributed by atoms with van der Waals surface area (Å²) in [5.74, 6) is 0.981. The quantitative estimate of drug-likeness (QED) is 0.737. The third-order valence-electron chi connectivity index (χ3n) is 4.64. The number of rotatable bonds is 8. The van der Waals surface area contributed by atoms with Crippen LogP contribution in [0.1, 0.15) is 38.2 Å². The minimum Gasteiger partial charge on any atom is -0.496 e. The normalized spacial score (nSPS) is 22.8. The highest BCUT2D eigenvalue weighted by atomic mass is 35.5. The molecule has 142 valence electrons. The third-order valence-corrected chi connectivity index (χ3v) is 4.64. The van der Waals surface area contributed by atoms with Gasteiger partial charge in [-0.1, -0.05) is 25.1 Å². The fraction of sp³-hybridized carbons (Fsp3) is 0.632. The molecule has 0 saturated heterocycles. The molecule has 0 bridgehead atoms. The third kappa shape index (κ3) is 6.49. The van der Waals surface area contributed by atoms with Crippen LogP contribution in [0.25, 0.3) is 0 Å². The molecule has 1 saturated carbocycles. The van der Waals surface area contributed by atoms with Crippen molar-refractivity contribution >= 4 is 18.3 Å². The van der Waals surface area contributed by atoms with Gasteiger partial charge in [0, 0.05) is 25.1 Å². The van der Waals surface area contributed by atoms with Gasteiger partial charge in [0.2, 0.25) is 5.91 Å². The van der Waals surface area contributed by atoms with E-state index in [1.807, 2.05) is 24.3 Å². The zero-order valence-electron chi connectivity index (χ0n) is 15.2. The van der Waals surface area contributed by atoms with E-state index in [2.05, 4.69) is 12.2 Å². The second-order valence-electron chi connectivity index (χ2n) is 6.44. The lowest BCUT2D eigenvalue weighted by molar-refractivity contribution is -0.128. The molecule has 0 aromatic heterocycles. The first-order valence-corrected chi connectivity index (χ1v) is 8.92. The molecule has 3 N–H and O–H groups in total. The predicted molar refractivity (Wildman–Crippen MR) is 102 cm³/mol. The lowest BCUT2D eigenvalue weighted by Crippen LogP contribution is -2.46. The lowest BCUT2D eigenvalue weighted by Gasteiger charge is -2.33. The number of halogens is 1. The molecule has 25 heavy (non-hydrogen) atoms. The average molecular weight is 371 g/mol. The molecule has 2 rings (SSSR count).